The standard InChI is InChI=1S/C28H42/c1-3-5-23-7-11-25(12-8-23)15-17-27-19-21-28(22-20-27)18-16-26-13-9-24(6-4-2)10-14-26/h15-26H,3-14H2,1-2H3/b17-15+,18-16+. The lowest BCUT2D eigenvalue weighted by Gasteiger charge is -2.26. The van der Waals surface area contributed by atoms with E-state index in [1.807, 2.05) is 0 Å². The van der Waals surface area contributed by atoms with Crippen molar-refractivity contribution < 1.29 is 0 Å². The first-order valence-corrected chi connectivity index (χ1v) is 12.2. The Balaban J connectivity index is 1.42. The third-order valence-electron chi connectivity index (χ3n) is 7.23. The van der Waals surface area contributed by atoms with E-state index in [0.29, 0.717) is 0 Å². The molecule has 0 amide bonds. The third-order valence-corrected chi connectivity index (χ3v) is 7.23. The first-order valence-electron chi connectivity index (χ1n) is 12.2. The van der Waals surface area contributed by atoms with E-state index in [1.54, 1.807) is 0 Å². The van der Waals surface area contributed by atoms with E-state index >= 15 is 0 Å². The summed E-state index contributed by atoms with van der Waals surface area (Å²) in [6, 6.07) is 9.15. The fraction of sp³-hybridized carbons (Fsp3) is 0.643. The van der Waals surface area contributed by atoms with Crippen LogP contribution in [-0.4, -0.2) is 0 Å². The molecule has 0 spiro atoms. The summed E-state index contributed by atoms with van der Waals surface area (Å²) in [6.07, 6.45) is 26.6. The van der Waals surface area contributed by atoms with E-state index in [2.05, 4.69) is 62.4 Å². The molecule has 2 fully saturated rings. The summed E-state index contributed by atoms with van der Waals surface area (Å²) in [5, 5.41) is 0. The van der Waals surface area contributed by atoms with Crippen LogP contribution in [0.5, 0.6) is 0 Å². The van der Waals surface area contributed by atoms with Crippen LogP contribution in [-0.2, 0) is 0 Å². The smallest absolute Gasteiger partial charge is 0.0230 e. The molecule has 0 radical (unpaired) electrons. The Morgan fingerprint density at radius 3 is 1.29 bits per heavy atom. The molecular formula is C28H42. The highest BCUT2D eigenvalue weighted by Gasteiger charge is 2.19. The van der Waals surface area contributed by atoms with Crippen LogP contribution < -0.4 is 0 Å². The molecule has 0 heteroatoms. The molecular weight excluding hydrogens is 336 g/mol. The minimum Gasteiger partial charge on any atom is -0.0808 e. The summed E-state index contributed by atoms with van der Waals surface area (Å²) < 4.78 is 0. The SMILES string of the molecule is CCCC1CCC(/C=C/c2ccc(/C=C/C3CCC(CCC)CC3)cc2)CC1. The molecule has 0 N–H and O–H groups in total. The topological polar surface area (TPSA) is 0 Å². The van der Waals surface area contributed by atoms with Crippen molar-refractivity contribution in [3.8, 4) is 0 Å². The van der Waals surface area contributed by atoms with E-state index in [-0.39, 0.29) is 0 Å². The average Bonchev–Trinajstić information content (AvgIpc) is 2.74. The summed E-state index contributed by atoms with van der Waals surface area (Å²) in [5.41, 5.74) is 2.71. The molecule has 0 heterocycles. The number of hydrogen-bond acceptors (Lipinski definition) is 0. The van der Waals surface area contributed by atoms with E-state index in [0.717, 1.165) is 23.7 Å². The maximum Gasteiger partial charge on any atom is -0.0230 e. The maximum absolute atomic E-state index is 2.47. The Morgan fingerprint density at radius 2 is 0.964 bits per heavy atom. The minimum absolute atomic E-state index is 0.801. The van der Waals surface area contributed by atoms with Crippen molar-refractivity contribution >= 4 is 12.2 Å². The largest absolute Gasteiger partial charge is 0.0808 e. The van der Waals surface area contributed by atoms with Crippen molar-refractivity contribution in [2.45, 2.75) is 90.9 Å². The van der Waals surface area contributed by atoms with E-state index in [4.69, 9.17) is 0 Å². The number of benzene rings is 1. The number of rotatable bonds is 8. The van der Waals surface area contributed by atoms with Gasteiger partial charge in [0.15, 0.2) is 0 Å². The zero-order chi connectivity index (χ0) is 19.6. The van der Waals surface area contributed by atoms with Gasteiger partial charge in [0.05, 0.1) is 0 Å². The molecule has 0 saturated heterocycles. The molecule has 0 aromatic heterocycles. The van der Waals surface area contributed by atoms with Crippen LogP contribution in [0.1, 0.15) is 102 Å². The van der Waals surface area contributed by atoms with E-state index in [9.17, 15) is 0 Å². The summed E-state index contributed by atoms with van der Waals surface area (Å²) in [4.78, 5) is 0. The molecule has 1 aromatic carbocycles. The molecule has 0 nitrogen and oxygen atoms in total. The highest BCUT2D eigenvalue weighted by atomic mass is 14.2. The summed E-state index contributed by atoms with van der Waals surface area (Å²) in [7, 11) is 0. The van der Waals surface area contributed by atoms with Crippen molar-refractivity contribution in [3.63, 3.8) is 0 Å². The van der Waals surface area contributed by atoms with Gasteiger partial charge in [0, 0.05) is 0 Å². The molecule has 1 aromatic rings. The fourth-order valence-electron chi connectivity index (χ4n) is 5.37. The summed E-state index contributed by atoms with van der Waals surface area (Å²) in [6.45, 7) is 4.64. The van der Waals surface area contributed by atoms with Gasteiger partial charge in [0.2, 0.25) is 0 Å². The highest BCUT2D eigenvalue weighted by Crippen LogP contribution is 2.33. The van der Waals surface area contributed by atoms with Crippen LogP contribution in [0.3, 0.4) is 0 Å². The predicted molar refractivity (Wildman–Crippen MR) is 125 cm³/mol. The molecule has 2 saturated carbocycles. The van der Waals surface area contributed by atoms with Crippen LogP contribution in [0.15, 0.2) is 36.4 Å². The number of hydrogen-bond donors (Lipinski definition) is 0. The first-order chi connectivity index (χ1) is 13.8. The van der Waals surface area contributed by atoms with E-state index in [1.165, 1.54) is 88.2 Å². The lowest BCUT2D eigenvalue weighted by atomic mass is 9.80. The Labute approximate surface area is 174 Å². The van der Waals surface area contributed by atoms with Crippen LogP contribution in [0.25, 0.3) is 12.2 Å². The third kappa shape index (κ3) is 6.94. The Bertz CT molecular complexity index is 534. The van der Waals surface area contributed by atoms with Gasteiger partial charge >= 0.3 is 0 Å². The second kappa shape index (κ2) is 11.6. The second-order valence-corrected chi connectivity index (χ2v) is 9.52. The van der Waals surface area contributed by atoms with Gasteiger partial charge in [-0.15, -0.1) is 0 Å². The Morgan fingerprint density at radius 1 is 0.607 bits per heavy atom. The lowest BCUT2D eigenvalue weighted by Crippen LogP contribution is -2.12. The lowest BCUT2D eigenvalue weighted by molar-refractivity contribution is 0.295. The average molecular weight is 379 g/mol. The predicted octanol–water partition coefficient (Wildman–Crippen LogP) is 8.93. The van der Waals surface area contributed by atoms with Crippen LogP contribution in [0.4, 0.5) is 0 Å². The van der Waals surface area contributed by atoms with Crippen molar-refractivity contribution in [2.75, 3.05) is 0 Å². The molecule has 2 aliphatic carbocycles. The highest BCUT2D eigenvalue weighted by molar-refractivity contribution is 5.56. The Kier molecular flexibility index (Phi) is 8.90. The van der Waals surface area contributed by atoms with Crippen LogP contribution in [0.2, 0.25) is 0 Å². The monoisotopic (exact) mass is 378 g/mol. The van der Waals surface area contributed by atoms with Crippen molar-refractivity contribution in [3.05, 3.63) is 47.5 Å². The van der Waals surface area contributed by atoms with Gasteiger partial charge in [0.25, 0.3) is 0 Å². The van der Waals surface area contributed by atoms with Gasteiger partial charge in [-0.2, -0.15) is 0 Å². The normalized spacial score (nSPS) is 28.9. The molecule has 0 unspecified atom stereocenters. The van der Waals surface area contributed by atoms with Crippen LogP contribution >= 0.6 is 0 Å². The molecule has 0 atom stereocenters. The summed E-state index contributed by atoms with van der Waals surface area (Å²) >= 11 is 0. The summed E-state index contributed by atoms with van der Waals surface area (Å²) in [5.74, 6) is 3.61. The van der Waals surface area contributed by atoms with Crippen molar-refractivity contribution in [1.29, 1.82) is 0 Å². The molecule has 0 aliphatic heterocycles. The zero-order valence-corrected chi connectivity index (χ0v) is 18.4. The Hall–Kier alpha value is -1.30. The van der Waals surface area contributed by atoms with Gasteiger partial charge < -0.3 is 0 Å². The maximum atomic E-state index is 2.47. The van der Waals surface area contributed by atoms with Gasteiger partial charge in [-0.05, 0) is 86.2 Å². The minimum atomic E-state index is 0.801. The molecule has 0 bridgehead atoms. The quantitative estimate of drug-likeness (QED) is 0.423. The fourth-order valence-corrected chi connectivity index (χ4v) is 5.37. The first kappa shape index (κ1) is 21.4. The van der Waals surface area contributed by atoms with E-state index < -0.39 is 0 Å². The molecule has 2 aliphatic rings. The van der Waals surface area contributed by atoms with Crippen molar-refractivity contribution in [1.82, 2.24) is 0 Å². The zero-order valence-electron chi connectivity index (χ0n) is 18.4. The van der Waals surface area contributed by atoms with Crippen molar-refractivity contribution in [2.24, 2.45) is 23.7 Å². The molecule has 154 valence electrons. The van der Waals surface area contributed by atoms with Gasteiger partial charge in [-0.3, -0.25) is 0 Å². The molecule has 3 rings (SSSR count). The number of allylic oxidation sites excluding steroid dienone is 2. The van der Waals surface area contributed by atoms with Gasteiger partial charge in [-0.1, -0.05) is 88.1 Å². The van der Waals surface area contributed by atoms with Crippen LogP contribution in [0, 0.1) is 23.7 Å². The molecule has 28 heavy (non-hydrogen) atoms. The second-order valence-electron chi connectivity index (χ2n) is 9.52. The van der Waals surface area contributed by atoms with Gasteiger partial charge in [0.1, 0.15) is 0 Å². The van der Waals surface area contributed by atoms with Gasteiger partial charge in [-0.25, -0.2) is 0 Å².